The first-order chi connectivity index (χ1) is 12.6. The number of urea groups is 1. The maximum Gasteiger partial charge on any atom is 0.320 e. The van der Waals surface area contributed by atoms with E-state index in [9.17, 15) is 9.59 Å². The molecule has 8 heteroatoms. The summed E-state index contributed by atoms with van der Waals surface area (Å²) in [6.07, 6.45) is 3.80. The molecule has 0 aliphatic carbocycles. The van der Waals surface area contributed by atoms with Gasteiger partial charge in [-0.05, 0) is 43.9 Å². The Kier molecular flexibility index (Phi) is 5.00. The largest absolute Gasteiger partial charge is 0.325 e. The molecule has 3 amide bonds. The zero-order valence-electron chi connectivity index (χ0n) is 14.4. The van der Waals surface area contributed by atoms with E-state index in [2.05, 4.69) is 10.3 Å². The molecule has 2 fully saturated rings. The van der Waals surface area contributed by atoms with E-state index in [4.69, 9.17) is 11.6 Å². The molecule has 2 aromatic rings. The van der Waals surface area contributed by atoms with Gasteiger partial charge in [0.2, 0.25) is 5.91 Å². The minimum atomic E-state index is -0.189. The molecule has 2 saturated heterocycles. The second-order valence-electron chi connectivity index (χ2n) is 6.88. The summed E-state index contributed by atoms with van der Waals surface area (Å²) in [5.74, 6) is -0.250. The number of likely N-dealkylation sites (tertiary alicyclic amines) is 2. The van der Waals surface area contributed by atoms with E-state index in [1.807, 2.05) is 21.9 Å². The van der Waals surface area contributed by atoms with Gasteiger partial charge in [-0.25, -0.2) is 9.78 Å². The summed E-state index contributed by atoms with van der Waals surface area (Å²) in [7, 11) is 0. The fourth-order valence-corrected chi connectivity index (χ4v) is 4.78. The number of carbonyl (C=O) groups is 2. The summed E-state index contributed by atoms with van der Waals surface area (Å²) in [6, 6.07) is 5.56. The lowest BCUT2D eigenvalue weighted by molar-refractivity contribution is -0.121. The Hall–Kier alpha value is -1.86. The van der Waals surface area contributed by atoms with E-state index in [0.29, 0.717) is 16.7 Å². The Morgan fingerprint density at radius 2 is 1.92 bits per heavy atom. The van der Waals surface area contributed by atoms with Crippen LogP contribution in [0.5, 0.6) is 0 Å². The first-order valence-electron chi connectivity index (χ1n) is 9.01. The molecule has 1 aromatic carbocycles. The number of fused-ring (bicyclic) bond motifs is 1. The van der Waals surface area contributed by atoms with Crippen molar-refractivity contribution in [3.63, 3.8) is 0 Å². The van der Waals surface area contributed by atoms with Crippen molar-refractivity contribution in [2.45, 2.75) is 25.7 Å². The highest BCUT2D eigenvalue weighted by atomic mass is 35.5. The zero-order chi connectivity index (χ0) is 18.1. The van der Waals surface area contributed by atoms with Crippen LogP contribution >= 0.6 is 22.9 Å². The Bertz CT molecular complexity index is 834. The van der Waals surface area contributed by atoms with Gasteiger partial charge in [0.15, 0.2) is 5.13 Å². The number of piperidine rings is 1. The van der Waals surface area contributed by atoms with E-state index in [0.717, 1.165) is 55.5 Å². The van der Waals surface area contributed by atoms with Crippen molar-refractivity contribution in [3.05, 3.63) is 23.2 Å². The number of hydrogen-bond acceptors (Lipinski definition) is 4. The van der Waals surface area contributed by atoms with Gasteiger partial charge in [-0.1, -0.05) is 22.9 Å². The number of halogens is 1. The van der Waals surface area contributed by atoms with E-state index in [-0.39, 0.29) is 17.9 Å². The third kappa shape index (κ3) is 3.64. The predicted octanol–water partition coefficient (Wildman–Crippen LogP) is 3.82. The topological polar surface area (TPSA) is 65.5 Å². The summed E-state index contributed by atoms with van der Waals surface area (Å²) >= 11 is 7.42. The van der Waals surface area contributed by atoms with Crippen molar-refractivity contribution in [2.75, 3.05) is 31.5 Å². The van der Waals surface area contributed by atoms with Crippen LogP contribution in [0.15, 0.2) is 18.2 Å². The first kappa shape index (κ1) is 17.5. The third-order valence-corrected chi connectivity index (χ3v) is 6.19. The van der Waals surface area contributed by atoms with Gasteiger partial charge in [0.1, 0.15) is 0 Å². The molecular formula is C18H21ClN4O2S. The number of carbonyl (C=O) groups excluding carboxylic acids is 2. The van der Waals surface area contributed by atoms with Crippen molar-refractivity contribution in [3.8, 4) is 0 Å². The predicted molar refractivity (Wildman–Crippen MR) is 104 cm³/mol. The highest BCUT2D eigenvalue weighted by molar-refractivity contribution is 7.22. The van der Waals surface area contributed by atoms with Crippen LogP contribution in [0.3, 0.4) is 0 Å². The Labute approximate surface area is 161 Å². The molecule has 4 rings (SSSR count). The molecule has 2 aliphatic heterocycles. The highest BCUT2D eigenvalue weighted by Gasteiger charge is 2.31. The highest BCUT2D eigenvalue weighted by Crippen LogP contribution is 2.29. The summed E-state index contributed by atoms with van der Waals surface area (Å²) in [6.45, 7) is 2.89. The van der Waals surface area contributed by atoms with Gasteiger partial charge < -0.3 is 15.1 Å². The van der Waals surface area contributed by atoms with Crippen molar-refractivity contribution >= 4 is 50.2 Å². The van der Waals surface area contributed by atoms with Gasteiger partial charge in [0.05, 0.1) is 16.1 Å². The average molecular weight is 393 g/mol. The number of rotatable bonds is 2. The number of benzene rings is 1. The smallest absolute Gasteiger partial charge is 0.320 e. The normalized spacial score (nSPS) is 20.6. The molecule has 1 atom stereocenters. The number of anilines is 1. The number of nitrogens with zero attached hydrogens (tertiary/aromatic N) is 3. The lowest BCUT2D eigenvalue weighted by atomic mass is 9.97. The molecule has 6 nitrogen and oxygen atoms in total. The SMILES string of the molecule is O=C(Nc1nc2ccc(Cl)cc2s1)C1CCCN(C(=O)N2CCCC2)C1. The lowest BCUT2D eigenvalue weighted by Gasteiger charge is -2.34. The summed E-state index contributed by atoms with van der Waals surface area (Å²) < 4.78 is 0.947. The van der Waals surface area contributed by atoms with Crippen LogP contribution in [0.25, 0.3) is 10.2 Å². The van der Waals surface area contributed by atoms with Crippen molar-refractivity contribution in [2.24, 2.45) is 5.92 Å². The first-order valence-corrected chi connectivity index (χ1v) is 10.2. The monoisotopic (exact) mass is 392 g/mol. The maximum absolute atomic E-state index is 12.7. The molecule has 26 heavy (non-hydrogen) atoms. The van der Waals surface area contributed by atoms with Gasteiger partial charge in [-0.2, -0.15) is 0 Å². The van der Waals surface area contributed by atoms with E-state index >= 15 is 0 Å². The molecular weight excluding hydrogens is 372 g/mol. The molecule has 0 saturated carbocycles. The maximum atomic E-state index is 12.7. The van der Waals surface area contributed by atoms with Gasteiger partial charge in [-0.3, -0.25) is 4.79 Å². The van der Waals surface area contributed by atoms with E-state index < -0.39 is 0 Å². The molecule has 0 bridgehead atoms. The molecule has 1 aromatic heterocycles. The molecule has 0 radical (unpaired) electrons. The lowest BCUT2D eigenvalue weighted by Crippen LogP contribution is -2.48. The Balaban J connectivity index is 1.41. The Morgan fingerprint density at radius 3 is 2.73 bits per heavy atom. The number of aromatic nitrogens is 1. The number of nitrogens with one attached hydrogen (secondary N) is 1. The van der Waals surface area contributed by atoms with Crippen LogP contribution in [0.4, 0.5) is 9.93 Å². The van der Waals surface area contributed by atoms with Crippen LogP contribution < -0.4 is 5.32 Å². The molecule has 3 heterocycles. The van der Waals surface area contributed by atoms with Crippen LogP contribution in [0, 0.1) is 5.92 Å². The molecule has 0 spiro atoms. The van der Waals surface area contributed by atoms with E-state index in [1.165, 1.54) is 11.3 Å². The number of hydrogen-bond donors (Lipinski definition) is 1. The number of amides is 3. The number of thiazole rings is 1. The summed E-state index contributed by atoms with van der Waals surface area (Å²) in [4.78, 5) is 33.4. The fourth-order valence-electron chi connectivity index (χ4n) is 3.63. The molecule has 1 N–H and O–H groups in total. The van der Waals surface area contributed by atoms with Crippen LogP contribution in [0.1, 0.15) is 25.7 Å². The van der Waals surface area contributed by atoms with Gasteiger partial charge in [0, 0.05) is 31.2 Å². The molecule has 2 aliphatic rings. The van der Waals surface area contributed by atoms with Gasteiger partial charge >= 0.3 is 6.03 Å². The summed E-state index contributed by atoms with van der Waals surface area (Å²) in [5.41, 5.74) is 0.823. The van der Waals surface area contributed by atoms with Crippen molar-refractivity contribution in [1.29, 1.82) is 0 Å². The van der Waals surface area contributed by atoms with Crippen molar-refractivity contribution < 1.29 is 9.59 Å². The van der Waals surface area contributed by atoms with Crippen LogP contribution in [-0.4, -0.2) is 52.9 Å². The van der Waals surface area contributed by atoms with Crippen molar-refractivity contribution in [1.82, 2.24) is 14.8 Å². The quantitative estimate of drug-likeness (QED) is 0.844. The van der Waals surface area contributed by atoms with E-state index in [1.54, 1.807) is 6.07 Å². The second kappa shape index (κ2) is 7.40. The minimum absolute atomic E-state index is 0.0610. The zero-order valence-corrected chi connectivity index (χ0v) is 16.0. The average Bonchev–Trinajstić information content (AvgIpc) is 3.30. The fraction of sp³-hybridized carbons (Fsp3) is 0.500. The summed E-state index contributed by atoms with van der Waals surface area (Å²) in [5, 5.41) is 4.16. The standard InChI is InChI=1S/C18H21ClN4O2S/c19-13-5-6-14-15(10-13)26-17(20-14)21-16(24)12-4-3-9-23(11-12)18(25)22-7-1-2-8-22/h5-6,10,12H,1-4,7-9,11H2,(H,20,21,24). The van der Waals surface area contributed by atoms with Gasteiger partial charge in [-0.15, -0.1) is 0 Å². The third-order valence-electron chi connectivity index (χ3n) is 5.02. The van der Waals surface area contributed by atoms with Crippen LogP contribution in [-0.2, 0) is 4.79 Å². The minimum Gasteiger partial charge on any atom is -0.325 e. The Morgan fingerprint density at radius 1 is 1.15 bits per heavy atom. The molecule has 138 valence electrons. The molecule has 1 unspecified atom stereocenters. The van der Waals surface area contributed by atoms with Gasteiger partial charge in [0.25, 0.3) is 0 Å². The second-order valence-corrected chi connectivity index (χ2v) is 8.35. The van der Waals surface area contributed by atoms with Crippen LogP contribution in [0.2, 0.25) is 5.02 Å².